The van der Waals surface area contributed by atoms with Crippen LogP contribution in [0.15, 0.2) is 23.1 Å². The minimum absolute atomic E-state index is 0.0699. The van der Waals surface area contributed by atoms with Crippen LogP contribution in [0, 0.1) is 5.92 Å². The van der Waals surface area contributed by atoms with Gasteiger partial charge in [0.1, 0.15) is 5.75 Å². The largest absolute Gasteiger partial charge is 0.506 e. The molecule has 0 saturated heterocycles. The molecule has 0 spiro atoms. The first-order chi connectivity index (χ1) is 8.99. The number of anilines is 1. The van der Waals surface area contributed by atoms with E-state index in [1.54, 1.807) is 0 Å². The lowest BCUT2D eigenvalue weighted by Crippen LogP contribution is -2.30. The minimum atomic E-state index is -3.54. The average molecular weight is 284 g/mol. The summed E-state index contributed by atoms with van der Waals surface area (Å²) in [6, 6.07) is 3.93. The van der Waals surface area contributed by atoms with Crippen LogP contribution in [-0.2, 0) is 10.0 Å². The van der Waals surface area contributed by atoms with E-state index in [4.69, 9.17) is 5.73 Å². The van der Waals surface area contributed by atoms with Crippen LogP contribution in [0.25, 0.3) is 0 Å². The first-order valence-corrected chi connectivity index (χ1v) is 8.05. The Morgan fingerprint density at radius 3 is 2.58 bits per heavy atom. The van der Waals surface area contributed by atoms with Crippen molar-refractivity contribution in [3.63, 3.8) is 0 Å². The lowest BCUT2D eigenvalue weighted by Gasteiger charge is -2.21. The number of benzene rings is 1. The highest BCUT2D eigenvalue weighted by molar-refractivity contribution is 7.89. The van der Waals surface area contributed by atoms with E-state index in [1.165, 1.54) is 37.5 Å². The van der Waals surface area contributed by atoms with Crippen molar-refractivity contribution in [1.82, 2.24) is 4.72 Å². The molecule has 0 aliphatic heterocycles. The van der Waals surface area contributed by atoms with Crippen molar-refractivity contribution in [3.8, 4) is 5.75 Å². The van der Waals surface area contributed by atoms with E-state index in [1.807, 2.05) is 0 Å². The lowest BCUT2D eigenvalue weighted by molar-refractivity contribution is 0.357. The fraction of sp³-hybridized carbons (Fsp3) is 0.538. The normalized spacial score (nSPS) is 17.5. The molecule has 0 amide bonds. The molecule has 0 atom stereocenters. The van der Waals surface area contributed by atoms with Crippen molar-refractivity contribution in [3.05, 3.63) is 18.2 Å². The zero-order valence-corrected chi connectivity index (χ0v) is 11.6. The maximum Gasteiger partial charge on any atom is 0.240 e. The Bertz CT molecular complexity index is 537. The summed E-state index contributed by atoms with van der Waals surface area (Å²) in [7, 11) is -3.54. The standard InChI is InChI=1S/C13H20N2O3S/c14-12-8-11(6-7-13(12)16)19(17,18)15-9-10-4-2-1-3-5-10/h6-8,10,15-16H,1-5,9,14H2. The first-order valence-electron chi connectivity index (χ1n) is 6.57. The number of nitrogens with one attached hydrogen (secondary N) is 1. The van der Waals surface area contributed by atoms with Gasteiger partial charge in [0.05, 0.1) is 10.6 Å². The number of nitrogen functional groups attached to an aromatic ring is 1. The van der Waals surface area contributed by atoms with Crippen LogP contribution in [0.3, 0.4) is 0 Å². The van der Waals surface area contributed by atoms with E-state index in [0.29, 0.717) is 12.5 Å². The van der Waals surface area contributed by atoms with Crippen LogP contribution >= 0.6 is 0 Å². The van der Waals surface area contributed by atoms with Crippen LogP contribution in [0.5, 0.6) is 5.75 Å². The van der Waals surface area contributed by atoms with Crippen molar-refractivity contribution >= 4 is 15.7 Å². The summed E-state index contributed by atoms with van der Waals surface area (Å²) >= 11 is 0. The molecule has 1 aliphatic rings. The van der Waals surface area contributed by atoms with Crippen LogP contribution < -0.4 is 10.5 Å². The number of sulfonamides is 1. The zero-order valence-electron chi connectivity index (χ0n) is 10.8. The van der Waals surface area contributed by atoms with E-state index in [-0.39, 0.29) is 16.3 Å². The maximum absolute atomic E-state index is 12.1. The van der Waals surface area contributed by atoms with E-state index in [9.17, 15) is 13.5 Å². The van der Waals surface area contributed by atoms with Crippen molar-refractivity contribution in [1.29, 1.82) is 0 Å². The third-order valence-electron chi connectivity index (χ3n) is 3.60. The minimum Gasteiger partial charge on any atom is -0.506 e. The van der Waals surface area contributed by atoms with Gasteiger partial charge < -0.3 is 10.8 Å². The molecule has 0 heterocycles. The molecule has 1 saturated carbocycles. The molecule has 2 rings (SSSR count). The fourth-order valence-corrected chi connectivity index (χ4v) is 3.55. The summed E-state index contributed by atoms with van der Waals surface area (Å²) in [6.07, 6.45) is 5.77. The third kappa shape index (κ3) is 3.61. The summed E-state index contributed by atoms with van der Waals surface area (Å²) in [5, 5.41) is 9.30. The molecule has 106 valence electrons. The number of aromatic hydroxyl groups is 1. The predicted molar refractivity (Wildman–Crippen MR) is 74.3 cm³/mol. The molecule has 4 N–H and O–H groups in total. The van der Waals surface area contributed by atoms with E-state index in [2.05, 4.69) is 4.72 Å². The van der Waals surface area contributed by atoms with Crippen LogP contribution in [0.2, 0.25) is 0 Å². The van der Waals surface area contributed by atoms with E-state index in [0.717, 1.165) is 12.8 Å². The summed E-state index contributed by atoms with van der Waals surface area (Å²) < 4.78 is 26.8. The van der Waals surface area contributed by atoms with Crippen molar-refractivity contribution in [2.24, 2.45) is 5.92 Å². The monoisotopic (exact) mass is 284 g/mol. The topological polar surface area (TPSA) is 92.4 Å². The van der Waals surface area contributed by atoms with Crippen LogP contribution in [0.4, 0.5) is 5.69 Å². The summed E-state index contributed by atoms with van der Waals surface area (Å²) in [5.41, 5.74) is 5.58. The third-order valence-corrected chi connectivity index (χ3v) is 5.02. The quantitative estimate of drug-likeness (QED) is 0.581. The fourth-order valence-electron chi connectivity index (χ4n) is 2.40. The number of hydrogen-bond acceptors (Lipinski definition) is 4. The van der Waals surface area contributed by atoms with Crippen LogP contribution in [0.1, 0.15) is 32.1 Å². The molecule has 19 heavy (non-hydrogen) atoms. The molecular weight excluding hydrogens is 264 g/mol. The van der Waals surface area contributed by atoms with Gasteiger partial charge in [-0.3, -0.25) is 0 Å². The number of phenols is 1. The Morgan fingerprint density at radius 1 is 1.26 bits per heavy atom. The number of phenolic OH excluding ortho intramolecular Hbond substituents is 1. The molecule has 1 fully saturated rings. The second-order valence-corrected chi connectivity index (χ2v) is 6.84. The molecule has 6 heteroatoms. The predicted octanol–water partition coefficient (Wildman–Crippen LogP) is 1.83. The van der Waals surface area contributed by atoms with Gasteiger partial charge in [-0.05, 0) is 37.0 Å². The summed E-state index contributed by atoms with van der Waals surface area (Å²) in [4.78, 5) is 0.0959. The van der Waals surface area contributed by atoms with Crippen molar-refractivity contribution in [2.45, 2.75) is 37.0 Å². The number of nitrogens with two attached hydrogens (primary N) is 1. The Labute approximate surface area is 113 Å². The van der Waals surface area contributed by atoms with Crippen molar-refractivity contribution in [2.75, 3.05) is 12.3 Å². The Morgan fingerprint density at radius 2 is 1.95 bits per heavy atom. The van der Waals surface area contributed by atoms with Crippen molar-refractivity contribution < 1.29 is 13.5 Å². The van der Waals surface area contributed by atoms with Gasteiger partial charge in [0.25, 0.3) is 0 Å². The molecule has 0 bridgehead atoms. The van der Waals surface area contributed by atoms with Gasteiger partial charge in [0, 0.05) is 6.54 Å². The SMILES string of the molecule is Nc1cc(S(=O)(=O)NCC2CCCCC2)ccc1O. The molecule has 0 radical (unpaired) electrons. The molecule has 5 nitrogen and oxygen atoms in total. The highest BCUT2D eigenvalue weighted by atomic mass is 32.2. The van der Waals surface area contributed by atoms with Gasteiger partial charge >= 0.3 is 0 Å². The Kier molecular flexibility index (Phi) is 4.31. The lowest BCUT2D eigenvalue weighted by atomic mass is 9.90. The summed E-state index contributed by atoms with van der Waals surface area (Å²) in [6.45, 7) is 0.475. The zero-order chi connectivity index (χ0) is 13.9. The first kappa shape index (κ1) is 14.1. The van der Waals surface area contributed by atoms with Gasteiger partial charge in [0.15, 0.2) is 0 Å². The van der Waals surface area contributed by atoms with Gasteiger partial charge in [-0.25, -0.2) is 13.1 Å². The average Bonchev–Trinajstić information content (AvgIpc) is 2.41. The summed E-state index contributed by atoms with van der Waals surface area (Å²) in [5.74, 6) is 0.323. The van der Waals surface area contributed by atoms with E-state index >= 15 is 0 Å². The number of hydrogen-bond donors (Lipinski definition) is 3. The van der Waals surface area contributed by atoms with E-state index < -0.39 is 10.0 Å². The maximum atomic E-state index is 12.1. The van der Waals surface area contributed by atoms with Gasteiger partial charge in [-0.1, -0.05) is 19.3 Å². The Balaban J connectivity index is 2.02. The van der Waals surface area contributed by atoms with Crippen LogP contribution in [-0.4, -0.2) is 20.1 Å². The molecule has 0 unspecified atom stereocenters. The highest BCUT2D eigenvalue weighted by Gasteiger charge is 2.19. The molecule has 1 aliphatic carbocycles. The molecule has 0 aromatic heterocycles. The second-order valence-electron chi connectivity index (χ2n) is 5.08. The number of rotatable bonds is 4. The molecular formula is C13H20N2O3S. The Hall–Kier alpha value is -1.27. The van der Waals surface area contributed by atoms with Gasteiger partial charge in [-0.15, -0.1) is 0 Å². The smallest absolute Gasteiger partial charge is 0.240 e. The molecule has 1 aromatic rings. The highest BCUT2D eigenvalue weighted by Crippen LogP contribution is 2.25. The van der Waals surface area contributed by atoms with Gasteiger partial charge in [0.2, 0.25) is 10.0 Å². The second kappa shape index (κ2) is 5.79. The molecule has 1 aromatic carbocycles. The van der Waals surface area contributed by atoms with Gasteiger partial charge in [-0.2, -0.15) is 0 Å².